The van der Waals surface area contributed by atoms with Gasteiger partial charge in [-0.25, -0.2) is 4.79 Å². The third-order valence-corrected chi connectivity index (χ3v) is 4.76. The van der Waals surface area contributed by atoms with Gasteiger partial charge in [-0.2, -0.15) is 5.26 Å². The molecule has 0 aromatic carbocycles. The summed E-state index contributed by atoms with van der Waals surface area (Å²) in [4.78, 5) is 14.3. The van der Waals surface area contributed by atoms with E-state index in [0.717, 1.165) is 19.4 Å². The molecule has 5 nitrogen and oxygen atoms in total. The number of rotatable bonds is 2. The zero-order valence-electron chi connectivity index (χ0n) is 12.2. The maximum absolute atomic E-state index is 12.4. The topological polar surface area (TPSA) is 65.4 Å². The van der Waals surface area contributed by atoms with E-state index in [1.807, 2.05) is 11.9 Å². The number of nitrogens with zero attached hydrogens (tertiary/aromatic N) is 2. The molecule has 4 atom stereocenters. The number of likely N-dealkylation sites (tertiary alicyclic amines) is 1. The van der Waals surface area contributed by atoms with Crippen LogP contribution in [0.4, 0.5) is 0 Å². The number of ether oxygens (including phenoxy) is 1. The van der Waals surface area contributed by atoms with Crippen molar-refractivity contribution in [3.05, 3.63) is 0 Å². The smallest absolute Gasteiger partial charge is 0.341 e. The molecule has 1 N–H and O–H groups in total. The number of carbonyl (C=O) groups is 1. The first-order valence-corrected chi connectivity index (χ1v) is 6.98. The van der Waals surface area contributed by atoms with Crippen LogP contribution in [-0.4, -0.2) is 48.2 Å². The van der Waals surface area contributed by atoms with E-state index >= 15 is 0 Å². The van der Waals surface area contributed by atoms with Crippen LogP contribution >= 0.6 is 0 Å². The number of esters is 1. The molecule has 0 bridgehead atoms. The summed E-state index contributed by atoms with van der Waals surface area (Å²) < 4.78 is 5.20. The van der Waals surface area contributed by atoms with Crippen LogP contribution in [0.15, 0.2) is 0 Å². The van der Waals surface area contributed by atoms with Crippen molar-refractivity contribution in [2.45, 2.75) is 50.7 Å². The average molecular weight is 265 g/mol. The van der Waals surface area contributed by atoms with Crippen LogP contribution in [0, 0.1) is 17.2 Å². The van der Waals surface area contributed by atoms with E-state index in [-0.39, 0.29) is 11.5 Å². The fraction of sp³-hybridized carbons (Fsp3) is 0.857. The molecule has 0 amide bonds. The fourth-order valence-corrected chi connectivity index (χ4v) is 3.80. The van der Waals surface area contributed by atoms with Gasteiger partial charge in [0.05, 0.1) is 12.7 Å². The van der Waals surface area contributed by atoms with Crippen molar-refractivity contribution in [1.82, 2.24) is 10.2 Å². The van der Waals surface area contributed by atoms with Crippen molar-refractivity contribution in [2.24, 2.45) is 5.92 Å². The summed E-state index contributed by atoms with van der Waals surface area (Å²) in [6, 6.07) is 2.60. The Kier molecular flexibility index (Phi) is 3.59. The van der Waals surface area contributed by atoms with Crippen molar-refractivity contribution >= 4 is 5.97 Å². The first-order valence-electron chi connectivity index (χ1n) is 6.98. The number of piperidine rings is 1. The molecular formula is C14H23N3O2. The van der Waals surface area contributed by atoms with Gasteiger partial charge >= 0.3 is 5.97 Å². The first-order chi connectivity index (χ1) is 8.90. The second-order valence-corrected chi connectivity index (χ2v) is 6.02. The Morgan fingerprint density at radius 3 is 2.89 bits per heavy atom. The van der Waals surface area contributed by atoms with E-state index < -0.39 is 11.5 Å². The number of nitriles is 1. The van der Waals surface area contributed by atoms with Gasteiger partial charge in [-0.05, 0) is 40.7 Å². The van der Waals surface area contributed by atoms with E-state index in [1.165, 1.54) is 0 Å². The normalized spacial score (nSPS) is 42.5. The lowest BCUT2D eigenvalue weighted by Gasteiger charge is -2.49. The zero-order chi connectivity index (χ0) is 14.3. The molecule has 2 saturated heterocycles. The lowest BCUT2D eigenvalue weighted by molar-refractivity contribution is -0.161. The molecule has 19 heavy (non-hydrogen) atoms. The predicted molar refractivity (Wildman–Crippen MR) is 71.3 cm³/mol. The first kappa shape index (κ1) is 14.3. The number of carbonyl (C=O) groups excluding carboxylic acids is 1. The Morgan fingerprint density at radius 1 is 1.63 bits per heavy atom. The van der Waals surface area contributed by atoms with E-state index in [9.17, 15) is 10.1 Å². The van der Waals surface area contributed by atoms with E-state index in [4.69, 9.17) is 4.74 Å². The number of likely N-dealkylation sites (N-methyl/N-ethyl adjacent to an activating group) is 1. The van der Waals surface area contributed by atoms with Crippen molar-refractivity contribution in [2.75, 3.05) is 20.2 Å². The Labute approximate surface area is 114 Å². The van der Waals surface area contributed by atoms with Gasteiger partial charge in [0.1, 0.15) is 0 Å². The average Bonchev–Trinajstić information content (AvgIpc) is 2.66. The molecule has 106 valence electrons. The minimum Gasteiger partial charge on any atom is -0.464 e. The molecule has 2 heterocycles. The second-order valence-electron chi connectivity index (χ2n) is 6.02. The summed E-state index contributed by atoms with van der Waals surface area (Å²) in [5.74, 6) is -0.426. The van der Waals surface area contributed by atoms with Crippen LogP contribution < -0.4 is 5.32 Å². The molecule has 2 rings (SSSR count). The number of fused-ring (bicyclic) bond motifs is 1. The highest BCUT2D eigenvalue weighted by Gasteiger charge is 2.62. The summed E-state index contributed by atoms with van der Waals surface area (Å²) >= 11 is 0. The number of hydrogen-bond acceptors (Lipinski definition) is 5. The van der Waals surface area contributed by atoms with Crippen LogP contribution in [0.3, 0.4) is 0 Å². The minimum absolute atomic E-state index is 0.0298. The van der Waals surface area contributed by atoms with E-state index in [2.05, 4.69) is 25.2 Å². The molecule has 0 spiro atoms. The van der Waals surface area contributed by atoms with Crippen LogP contribution in [0.1, 0.15) is 33.6 Å². The quantitative estimate of drug-likeness (QED) is 0.752. The van der Waals surface area contributed by atoms with Crippen LogP contribution in [0.5, 0.6) is 0 Å². The summed E-state index contributed by atoms with van der Waals surface area (Å²) in [6.45, 7) is 7.04. The third-order valence-electron chi connectivity index (χ3n) is 4.76. The highest BCUT2D eigenvalue weighted by molar-refractivity contribution is 5.85. The molecule has 0 unspecified atom stereocenters. The molecule has 2 aliphatic heterocycles. The lowest BCUT2D eigenvalue weighted by Crippen LogP contribution is -2.68. The molecule has 0 saturated carbocycles. The summed E-state index contributed by atoms with van der Waals surface area (Å²) in [5, 5.41) is 13.3. The second kappa shape index (κ2) is 4.77. The van der Waals surface area contributed by atoms with Crippen molar-refractivity contribution in [1.29, 1.82) is 5.26 Å². The Balaban J connectivity index is 2.44. The van der Waals surface area contributed by atoms with Crippen LogP contribution in [0.2, 0.25) is 0 Å². The predicted octanol–water partition coefficient (Wildman–Crippen LogP) is 0.904. The summed E-state index contributed by atoms with van der Waals surface area (Å²) in [6.07, 6.45) is 1.77. The zero-order valence-corrected chi connectivity index (χ0v) is 12.2. The lowest BCUT2D eigenvalue weighted by atomic mass is 9.67. The van der Waals surface area contributed by atoms with Gasteiger partial charge in [0.2, 0.25) is 5.54 Å². The SMILES string of the molecule is CCOC(=O)[C@@]1(C#N)[C@@H]2C[C@H](C)N[C@@]2(C)CCN1C. The fourth-order valence-electron chi connectivity index (χ4n) is 3.80. The number of nitrogens with one attached hydrogen (secondary N) is 1. The Bertz CT molecular complexity index is 419. The minimum atomic E-state index is -1.15. The summed E-state index contributed by atoms with van der Waals surface area (Å²) in [7, 11) is 1.85. The molecule has 0 aromatic rings. The molecule has 0 aromatic heterocycles. The van der Waals surface area contributed by atoms with Crippen LogP contribution in [-0.2, 0) is 9.53 Å². The summed E-state index contributed by atoms with van der Waals surface area (Å²) in [5.41, 5.74) is -1.31. The largest absolute Gasteiger partial charge is 0.464 e. The highest BCUT2D eigenvalue weighted by atomic mass is 16.5. The molecule has 2 fully saturated rings. The van der Waals surface area contributed by atoms with Gasteiger partial charge in [0.15, 0.2) is 0 Å². The monoisotopic (exact) mass is 265 g/mol. The van der Waals surface area contributed by atoms with E-state index in [1.54, 1.807) is 6.92 Å². The van der Waals surface area contributed by atoms with Gasteiger partial charge in [-0.1, -0.05) is 0 Å². The maximum Gasteiger partial charge on any atom is 0.341 e. The van der Waals surface area contributed by atoms with E-state index in [0.29, 0.717) is 12.6 Å². The Morgan fingerprint density at radius 2 is 2.32 bits per heavy atom. The molecular weight excluding hydrogens is 242 g/mol. The third kappa shape index (κ3) is 1.94. The molecule has 0 aliphatic carbocycles. The molecule has 2 aliphatic rings. The van der Waals surface area contributed by atoms with Crippen LogP contribution in [0.25, 0.3) is 0 Å². The Hall–Kier alpha value is -1.12. The highest BCUT2D eigenvalue weighted by Crippen LogP contribution is 2.46. The van der Waals surface area contributed by atoms with Gasteiger partial charge < -0.3 is 10.1 Å². The van der Waals surface area contributed by atoms with Crippen molar-refractivity contribution in [3.63, 3.8) is 0 Å². The van der Waals surface area contributed by atoms with Crippen molar-refractivity contribution < 1.29 is 9.53 Å². The van der Waals surface area contributed by atoms with Gasteiger partial charge in [0.25, 0.3) is 0 Å². The van der Waals surface area contributed by atoms with Gasteiger partial charge in [0, 0.05) is 24.0 Å². The van der Waals surface area contributed by atoms with Crippen molar-refractivity contribution in [3.8, 4) is 6.07 Å². The molecule has 0 radical (unpaired) electrons. The molecule has 5 heteroatoms. The maximum atomic E-state index is 12.4. The van der Waals surface area contributed by atoms with Gasteiger partial charge in [-0.3, -0.25) is 4.90 Å². The van der Waals surface area contributed by atoms with Gasteiger partial charge in [-0.15, -0.1) is 0 Å². The number of hydrogen-bond donors (Lipinski definition) is 1. The standard InChI is InChI=1S/C14H23N3O2/c1-5-19-12(18)14(9-15)11-8-10(2)16-13(11,3)6-7-17(14)4/h10-11,16H,5-8H2,1-4H3/t10-,11+,13-,14+/m0/s1.